The van der Waals surface area contributed by atoms with Gasteiger partial charge in [-0.15, -0.1) is 0 Å². The Hall–Kier alpha value is -2.07. The summed E-state index contributed by atoms with van der Waals surface area (Å²) in [5, 5.41) is 0.649. The molecule has 3 aromatic rings. The van der Waals surface area contributed by atoms with E-state index in [0.29, 0.717) is 17.4 Å². The van der Waals surface area contributed by atoms with Gasteiger partial charge in [-0.2, -0.15) is 0 Å². The molecule has 2 heterocycles. The molecule has 3 rings (SSSR count). The lowest BCUT2D eigenvalue weighted by molar-refractivity contribution is 0.301. The Kier molecular flexibility index (Phi) is 3.09. The largest absolute Gasteiger partial charge is 0.487 e. The van der Waals surface area contributed by atoms with Gasteiger partial charge >= 0.3 is 0 Å². The van der Waals surface area contributed by atoms with E-state index >= 15 is 0 Å². The molecule has 3 nitrogen and oxygen atoms in total. The van der Waals surface area contributed by atoms with Gasteiger partial charge in [0.05, 0.1) is 10.7 Å². The molecule has 5 heteroatoms. The molecule has 0 fully saturated rings. The Morgan fingerprint density at radius 3 is 2.68 bits per heavy atom. The van der Waals surface area contributed by atoms with E-state index in [0.717, 1.165) is 11.3 Å². The van der Waals surface area contributed by atoms with Crippen LogP contribution >= 0.6 is 11.6 Å². The minimum absolute atomic E-state index is 0.283. The van der Waals surface area contributed by atoms with Crippen LogP contribution in [0.4, 0.5) is 4.39 Å². The van der Waals surface area contributed by atoms with E-state index in [2.05, 4.69) is 4.98 Å². The van der Waals surface area contributed by atoms with Crippen LogP contribution in [0.25, 0.3) is 5.65 Å². The lowest BCUT2D eigenvalue weighted by Gasteiger charge is -2.02. The molecule has 0 atom stereocenters. The Balaban J connectivity index is 1.76. The van der Waals surface area contributed by atoms with Crippen molar-refractivity contribution >= 4 is 17.2 Å². The van der Waals surface area contributed by atoms with Crippen LogP contribution in [0.3, 0.4) is 0 Å². The maximum atomic E-state index is 12.7. The van der Waals surface area contributed by atoms with Crippen LogP contribution in [0.1, 0.15) is 5.69 Å². The smallest absolute Gasteiger partial charge is 0.137 e. The molecular weight excluding hydrogens is 267 g/mol. The first-order chi connectivity index (χ1) is 9.20. The van der Waals surface area contributed by atoms with Crippen LogP contribution in [0.15, 0.2) is 48.8 Å². The van der Waals surface area contributed by atoms with E-state index in [1.807, 2.05) is 16.7 Å². The average molecular weight is 277 g/mol. The third kappa shape index (κ3) is 2.69. The summed E-state index contributed by atoms with van der Waals surface area (Å²) in [4.78, 5) is 4.39. The summed E-state index contributed by atoms with van der Waals surface area (Å²) in [5.74, 6) is 0.325. The Morgan fingerprint density at radius 1 is 1.11 bits per heavy atom. The van der Waals surface area contributed by atoms with Gasteiger partial charge in [0, 0.05) is 12.4 Å². The summed E-state index contributed by atoms with van der Waals surface area (Å²) in [7, 11) is 0. The molecule has 0 aliphatic heterocycles. The van der Waals surface area contributed by atoms with E-state index in [9.17, 15) is 4.39 Å². The van der Waals surface area contributed by atoms with Crippen molar-refractivity contribution in [1.29, 1.82) is 0 Å². The van der Waals surface area contributed by atoms with Crippen LogP contribution in [0.2, 0.25) is 5.02 Å². The van der Waals surface area contributed by atoms with Gasteiger partial charge in [0.25, 0.3) is 0 Å². The summed E-state index contributed by atoms with van der Waals surface area (Å²) in [6, 6.07) is 9.51. The molecule has 0 spiro atoms. The molecule has 0 unspecified atom stereocenters. The zero-order chi connectivity index (χ0) is 13.2. The summed E-state index contributed by atoms with van der Waals surface area (Å²) < 4.78 is 20.1. The first-order valence-electron chi connectivity index (χ1n) is 5.72. The van der Waals surface area contributed by atoms with Gasteiger partial charge in [-0.1, -0.05) is 11.6 Å². The van der Waals surface area contributed by atoms with E-state index < -0.39 is 0 Å². The maximum absolute atomic E-state index is 12.7. The second-order valence-electron chi connectivity index (χ2n) is 4.09. The summed E-state index contributed by atoms with van der Waals surface area (Å²) in [6.07, 6.45) is 3.63. The van der Waals surface area contributed by atoms with Crippen molar-refractivity contribution in [3.8, 4) is 5.75 Å². The first kappa shape index (κ1) is 12.0. The average Bonchev–Trinajstić information content (AvgIpc) is 2.80. The van der Waals surface area contributed by atoms with Gasteiger partial charge in [0.2, 0.25) is 0 Å². The molecule has 0 bridgehead atoms. The summed E-state index contributed by atoms with van der Waals surface area (Å²) in [6.45, 7) is 0.324. The predicted octanol–water partition coefficient (Wildman–Crippen LogP) is 3.71. The van der Waals surface area contributed by atoms with Gasteiger partial charge in [-0.05, 0) is 36.4 Å². The number of halogens is 2. The molecule has 0 N–H and O–H groups in total. The molecule has 0 aliphatic carbocycles. The van der Waals surface area contributed by atoms with Gasteiger partial charge in [0.15, 0.2) is 0 Å². The van der Waals surface area contributed by atoms with Crippen molar-refractivity contribution in [3.63, 3.8) is 0 Å². The van der Waals surface area contributed by atoms with Crippen molar-refractivity contribution in [3.05, 3.63) is 65.3 Å². The second-order valence-corrected chi connectivity index (χ2v) is 4.52. The third-order valence-electron chi connectivity index (χ3n) is 2.67. The predicted molar refractivity (Wildman–Crippen MR) is 70.9 cm³/mol. The number of aromatic nitrogens is 2. The van der Waals surface area contributed by atoms with Gasteiger partial charge in [0.1, 0.15) is 23.8 Å². The lowest BCUT2D eigenvalue weighted by atomic mass is 10.3. The van der Waals surface area contributed by atoms with Crippen LogP contribution in [-0.2, 0) is 6.61 Å². The highest BCUT2D eigenvalue weighted by atomic mass is 35.5. The molecule has 0 radical (unpaired) electrons. The third-order valence-corrected chi connectivity index (χ3v) is 2.89. The number of pyridine rings is 1. The molecule has 1 aromatic carbocycles. The van der Waals surface area contributed by atoms with Crippen LogP contribution in [0, 0.1) is 5.82 Å². The number of hydrogen-bond donors (Lipinski definition) is 0. The second kappa shape index (κ2) is 4.90. The van der Waals surface area contributed by atoms with E-state index in [4.69, 9.17) is 16.3 Å². The van der Waals surface area contributed by atoms with Crippen LogP contribution in [0.5, 0.6) is 5.75 Å². The Labute approximate surface area is 114 Å². The van der Waals surface area contributed by atoms with Crippen molar-refractivity contribution in [1.82, 2.24) is 9.38 Å². The number of nitrogens with zero attached hydrogens (tertiary/aromatic N) is 2. The fourth-order valence-corrected chi connectivity index (χ4v) is 1.94. The van der Waals surface area contributed by atoms with E-state index in [-0.39, 0.29) is 5.82 Å². The molecule has 0 saturated carbocycles. The molecule has 2 aromatic heterocycles. The topological polar surface area (TPSA) is 26.5 Å². The number of benzene rings is 1. The monoisotopic (exact) mass is 276 g/mol. The molecule has 19 heavy (non-hydrogen) atoms. The first-order valence-corrected chi connectivity index (χ1v) is 6.10. The van der Waals surface area contributed by atoms with Crippen molar-refractivity contribution < 1.29 is 9.13 Å². The number of imidazole rings is 1. The van der Waals surface area contributed by atoms with Gasteiger partial charge in [-0.3, -0.25) is 0 Å². The number of rotatable bonds is 3. The lowest BCUT2D eigenvalue weighted by Crippen LogP contribution is -1.95. The highest BCUT2D eigenvalue weighted by Crippen LogP contribution is 2.15. The zero-order valence-electron chi connectivity index (χ0n) is 9.88. The number of ether oxygens (including phenoxy) is 1. The quantitative estimate of drug-likeness (QED) is 0.729. The number of fused-ring (bicyclic) bond motifs is 1. The minimum atomic E-state index is -0.283. The van der Waals surface area contributed by atoms with Crippen molar-refractivity contribution in [2.24, 2.45) is 0 Å². The van der Waals surface area contributed by atoms with Crippen molar-refractivity contribution in [2.75, 3.05) is 0 Å². The fraction of sp³-hybridized carbons (Fsp3) is 0.0714. The Morgan fingerprint density at radius 2 is 1.89 bits per heavy atom. The van der Waals surface area contributed by atoms with E-state index in [1.54, 1.807) is 24.4 Å². The number of hydrogen-bond acceptors (Lipinski definition) is 2. The fourth-order valence-electron chi connectivity index (χ4n) is 1.77. The Bertz CT molecular complexity index is 709. The van der Waals surface area contributed by atoms with Crippen molar-refractivity contribution in [2.45, 2.75) is 6.61 Å². The molecule has 0 saturated heterocycles. The molecule has 0 aliphatic rings. The molecule has 0 amide bonds. The van der Waals surface area contributed by atoms with Gasteiger partial charge in [-0.25, -0.2) is 9.37 Å². The van der Waals surface area contributed by atoms with Crippen LogP contribution < -0.4 is 4.74 Å². The SMILES string of the molecule is Fc1ccc(OCc2cn3cc(Cl)ccc3n2)cc1. The minimum Gasteiger partial charge on any atom is -0.487 e. The normalized spacial score (nSPS) is 10.8. The standard InChI is InChI=1S/C14H10ClFN2O/c15-10-1-6-14-17-12(8-18(14)7-10)9-19-13-4-2-11(16)3-5-13/h1-8H,9H2. The van der Waals surface area contributed by atoms with E-state index in [1.165, 1.54) is 12.1 Å². The zero-order valence-corrected chi connectivity index (χ0v) is 10.6. The maximum Gasteiger partial charge on any atom is 0.137 e. The molecule has 96 valence electrons. The summed E-state index contributed by atoms with van der Waals surface area (Å²) >= 11 is 5.90. The van der Waals surface area contributed by atoms with Crippen LogP contribution in [-0.4, -0.2) is 9.38 Å². The molecular formula is C14H10ClFN2O. The van der Waals surface area contributed by atoms with Gasteiger partial charge < -0.3 is 9.14 Å². The highest BCUT2D eigenvalue weighted by Gasteiger charge is 2.03. The highest BCUT2D eigenvalue weighted by molar-refractivity contribution is 6.30. The summed E-state index contributed by atoms with van der Waals surface area (Å²) in [5.41, 5.74) is 1.59.